The first-order valence-corrected chi connectivity index (χ1v) is 9.79. The molecule has 0 bridgehead atoms. The Kier molecular flexibility index (Phi) is 11.6. The van der Waals surface area contributed by atoms with Gasteiger partial charge in [0.25, 0.3) is 0 Å². The SMILES string of the molecule is CCCCOc1ccc(CCNC(=NCc2nc(C)c(C)o2)NCC)cc1.I. The fraction of sp³-hybridized carbons (Fsp3) is 0.524. The summed E-state index contributed by atoms with van der Waals surface area (Å²) in [5, 5.41) is 6.60. The van der Waals surface area contributed by atoms with Crippen LogP contribution < -0.4 is 15.4 Å². The normalized spacial score (nSPS) is 11.1. The number of oxazole rings is 1. The van der Waals surface area contributed by atoms with Crippen LogP contribution in [0, 0.1) is 13.8 Å². The van der Waals surface area contributed by atoms with E-state index in [0.29, 0.717) is 12.4 Å². The van der Waals surface area contributed by atoms with Crippen molar-refractivity contribution in [2.75, 3.05) is 19.7 Å². The zero-order valence-electron chi connectivity index (χ0n) is 17.4. The average Bonchev–Trinajstić information content (AvgIpc) is 2.99. The minimum absolute atomic E-state index is 0. The molecule has 2 N–H and O–H groups in total. The fourth-order valence-corrected chi connectivity index (χ4v) is 2.51. The third kappa shape index (κ3) is 8.50. The molecule has 0 aliphatic carbocycles. The van der Waals surface area contributed by atoms with E-state index in [-0.39, 0.29) is 24.0 Å². The number of hydrogen-bond acceptors (Lipinski definition) is 4. The van der Waals surface area contributed by atoms with E-state index in [1.165, 1.54) is 5.56 Å². The summed E-state index contributed by atoms with van der Waals surface area (Å²) in [7, 11) is 0. The second-order valence-electron chi connectivity index (χ2n) is 6.47. The van der Waals surface area contributed by atoms with Gasteiger partial charge in [-0.05, 0) is 51.3 Å². The Morgan fingerprint density at radius 1 is 1.14 bits per heavy atom. The summed E-state index contributed by atoms with van der Waals surface area (Å²) >= 11 is 0. The zero-order valence-corrected chi connectivity index (χ0v) is 19.7. The minimum Gasteiger partial charge on any atom is -0.494 e. The van der Waals surface area contributed by atoms with E-state index in [1.54, 1.807) is 0 Å². The van der Waals surface area contributed by atoms with E-state index in [4.69, 9.17) is 9.15 Å². The Balaban J connectivity index is 0.00000392. The summed E-state index contributed by atoms with van der Waals surface area (Å²) < 4.78 is 11.3. The van der Waals surface area contributed by atoms with Gasteiger partial charge in [-0.25, -0.2) is 9.98 Å². The fourth-order valence-electron chi connectivity index (χ4n) is 2.51. The lowest BCUT2D eigenvalue weighted by Gasteiger charge is -2.11. The van der Waals surface area contributed by atoms with Crippen LogP contribution in [0.3, 0.4) is 0 Å². The molecular formula is C21H33IN4O2. The maximum absolute atomic E-state index is 5.70. The Bertz CT molecular complexity index is 694. The van der Waals surface area contributed by atoms with Crippen LogP contribution in [-0.4, -0.2) is 30.6 Å². The van der Waals surface area contributed by atoms with E-state index in [1.807, 2.05) is 32.9 Å². The van der Waals surface area contributed by atoms with Crippen molar-refractivity contribution in [2.45, 2.75) is 53.5 Å². The van der Waals surface area contributed by atoms with Crippen LogP contribution >= 0.6 is 24.0 Å². The molecule has 2 aromatic rings. The molecule has 0 unspecified atom stereocenters. The van der Waals surface area contributed by atoms with E-state index in [0.717, 1.165) is 62.1 Å². The van der Waals surface area contributed by atoms with E-state index in [9.17, 15) is 0 Å². The first kappa shape index (κ1) is 24.3. The first-order chi connectivity index (χ1) is 13.1. The summed E-state index contributed by atoms with van der Waals surface area (Å²) in [4.78, 5) is 8.91. The van der Waals surface area contributed by atoms with Gasteiger partial charge in [0, 0.05) is 13.1 Å². The second-order valence-corrected chi connectivity index (χ2v) is 6.47. The van der Waals surface area contributed by atoms with Gasteiger partial charge in [-0.15, -0.1) is 24.0 Å². The number of hydrogen-bond donors (Lipinski definition) is 2. The maximum Gasteiger partial charge on any atom is 0.216 e. The lowest BCUT2D eigenvalue weighted by molar-refractivity contribution is 0.309. The van der Waals surface area contributed by atoms with Gasteiger partial charge in [0.2, 0.25) is 5.89 Å². The highest BCUT2D eigenvalue weighted by Crippen LogP contribution is 2.13. The van der Waals surface area contributed by atoms with Crippen LogP contribution in [-0.2, 0) is 13.0 Å². The first-order valence-electron chi connectivity index (χ1n) is 9.79. The van der Waals surface area contributed by atoms with Crippen molar-refractivity contribution in [3.63, 3.8) is 0 Å². The van der Waals surface area contributed by atoms with Crippen LogP contribution in [0.2, 0.25) is 0 Å². The van der Waals surface area contributed by atoms with Crippen molar-refractivity contribution in [1.82, 2.24) is 15.6 Å². The van der Waals surface area contributed by atoms with Gasteiger partial charge in [0.1, 0.15) is 18.1 Å². The number of aryl methyl sites for hydroxylation is 2. The predicted molar refractivity (Wildman–Crippen MR) is 125 cm³/mol. The molecule has 7 heteroatoms. The molecule has 0 fully saturated rings. The third-order valence-corrected chi connectivity index (χ3v) is 4.19. The number of ether oxygens (including phenoxy) is 1. The number of rotatable bonds is 10. The van der Waals surface area contributed by atoms with E-state index >= 15 is 0 Å². The van der Waals surface area contributed by atoms with E-state index < -0.39 is 0 Å². The number of benzene rings is 1. The smallest absolute Gasteiger partial charge is 0.216 e. The maximum atomic E-state index is 5.70. The molecule has 0 atom stereocenters. The molecule has 2 rings (SSSR count). The Hall–Kier alpha value is -1.77. The third-order valence-electron chi connectivity index (χ3n) is 4.19. The van der Waals surface area contributed by atoms with Crippen molar-refractivity contribution in [2.24, 2.45) is 4.99 Å². The number of guanidine groups is 1. The topological polar surface area (TPSA) is 71.7 Å². The van der Waals surface area contributed by atoms with Gasteiger partial charge in [-0.3, -0.25) is 0 Å². The molecule has 1 aromatic heterocycles. The Labute approximate surface area is 185 Å². The number of unbranched alkanes of at least 4 members (excludes halogenated alkanes) is 1. The average molecular weight is 500 g/mol. The van der Waals surface area contributed by atoms with Crippen LogP contribution in [0.15, 0.2) is 33.7 Å². The zero-order chi connectivity index (χ0) is 19.5. The lowest BCUT2D eigenvalue weighted by atomic mass is 10.1. The molecule has 0 spiro atoms. The van der Waals surface area contributed by atoms with Crippen molar-refractivity contribution in [3.05, 3.63) is 47.2 Å². The molecule has 0 radical (unpaired) electrons. The highest BCUT2D eigenvalue weighted by atomic mass is 127. The molecule has 0 saturated carbocycles. The summed E-state index contributed by atoms with van der Waals surface area (Å²) in [6.45, 7) is 10.9. The molecule has 1 aromatic carbocycles. The molecule has 0 aliphatic heterocycles. The van der Waals surface area contributed by atoms with Crippen LogP contribution in [0.1, 0.15) is 49.6 Å². The Morgan fingerprint density at radius 3 is 2.50 bits per heavy atom. The minimum atomic E-state index is 0. The van der Waals surface area contributed by atoms with E-state index in [2.05, 4.69) is 39.7 Å². The lowest BCUT2D eigenvalue weighted by Crippen LogP contribution is -2.38. The summed E-state index contributed by atoms with van der Waals surface area (Å²) in [6.07, 6.45) is 3.15. The highest BCUT2D eigenvalue weighted by Gasteiger charge is 2.05. The number of nitrogens with zero attached hydrogens (tertiary/aromatic N) is 2. The van der Waals surface area contributed by atoms with Crippen molar-refractivity contribution in [3.8, 4) is 5.75 Å². The number of halogens is 1. The van der Waals surface area contributed by atoms with Gasteiger partial charge in [-0.2, -0.15) is 0 Å². The van der Waals surface area contributed by atoms with Crippen LogP contribution in [0.5, 0.6) is 5.75 Å². The quantitative estimate of drug-likeness (QED) is 0.219. The molecule has 0 saturated heterocycles. The van der Waals surface area contributed by atoms with Crippen molar-refractivity contribution >= 4 is 29.9 Å². The monoisotopic (exact) mass is 500 g/mol. The van der Waals surface area contributed by atoms with Crippen molar-refractivity contribution < 1.29 is 9.15 Å². The van der Waals surface area contributed by atoms with Gasteiger partial charge in [0.15, 0.2) is 5.96 Å². The molecule has 28 heavy (non-hydrogen) atoms. The molecule has 0 aliphatic rings. The summed E-state index contributed by atoms with van der Waals surface area (Å²) in [6, 6.07) is 8.31. The highest BCUT2D eigenvalue weighted by molar-refractivity contribution is 14.0. The van der Waals surface area contributed by atoms with Gasteiger partial charge in [-0.1, -0.05) is 25.5 Å². The van der Waals surface area contributed by atoms with Gasteiger partial charge < -0.3 is 19.8 Å². The molecule has 156 valence electrons. The van der Waals surface area contributed by atoms with Crippen molar-refractivity contribution in [1.29, 1.82) is 0 Å². The largest absolute Gasteiger partial charge is 0.494 e. The standard InChI is InChI=1S/C21H32N4O2.HI/c1-5-7-14-26-19-10-8-18(9-11-19)12-13-23-21(22-6-2)24-15-20-25-16(3)17(4)27-20;/h8-11H,5-7,12-15H2,1-4H3,(H2,22,23,24);1H. The van der Waals surface area contributed by atoms with Gasteiger partial charge in [0.05, 0.1) is 12.3 Å². The number of nitrogens with one attached hydrogen (secondary N) is 2. The molecular weight excluding hydrogens is 467 g/mol. The molecule has 1 heterocycles. The second kappa shape index (κ2) is 13.4. The predicted octanol–water partition coefficient (Wildman–Crippen LogP) is 4.39. The number of aromatic nitrogens is 1. The van der Waals surface area contributed by atoms with Crippen LogP contribution in [0.4, 0.5) is 0 Å². The van der Waals surface area contributed by atoms with Crippen LogP contribution in [0.25, 0.3) is 0 Å². The number of aliphatic imine (C=N–C) groups is 1. The summed E-state index contributed by atoms with van der Waals surface area (Å²) in [5.74, 6) is 3.19. The molecule has 6 nitrogen and oxygen atoms in total. The molecule has 0 amide bonds. The summed E-state index contributed by atoms with van der Waals surface area (Å²) in [5.41, 5.74) is 2.18. The van der Waals surface area contributed by atoms with Gasteiger partial charge >= 0.3 is 0 Å². The Morgan fingerprint density at radius 2 is 1.89 bits per heavy atom.